The number of aliphatic hydroxyl groups is 1. The summed E-state index contributed by atoms with van der Waals surface area (Å²) in [5.74, 6) is 1.64. The molecule has 0 aliphatic carbocycles. The number of oxazole rings is 1. The molecule has 0 unspecified atom stereocenters. The van der Waals surface area contributed by atoms with Crippen molar-refractivity contribution in [1.82, 2.24) is 20.2 Å². The molecule has 0 bridgehead atoms. The Balaban J connectivity index is 1.05. The minimum atomic E-state index is -0.724. The SMILES string of the molecule is Cc1ncoc1COc1ccc2c(c1)CN[C@H]([C@H](O)Cc1cc(OC3CCN(Cc4ccncc4)CC3)ccc1C(N)=O)C2. The van der Waals surface area contributed by atoms with Gasteiger partial charge in [-0.15, -0.1) is 0 Å². The first kappa shape index (κ1) is 29.8. The first-order valence-electron chi connectivity index (χ1n) is 15.2. The normalized spacial score (nSPS) is 18.0. The van der Waals surface area contributed by atoms with E-state index in [0.717, 1.165) is 55.0 Å². The first-order chi connectivity index (χ1) is 21.4. The zero-order chi connectivity index (χ0) is 30.5. The van der Waals surface area contributed by atoms with Gasteiger partial charge in [-0.25, -0.2) is 4.98 Å². The molecule has 1 fully saturated rings. The summed E-state index contributed by atoms with van der Waals surface area (Å²) >= 11 is 0. The Kier molecular flexibility index (Phi) is 9.20. The van der Waals surface area contributed by atoms with Crippen LogP contribution in [0.3, 0.4) is 0 Å². The number of pyridine rings is 1. The number of nitrogens with two attached hydrogens (primary N) is 1. The standard InChI is InChI=1S/C34H39N5O5/c1-22-33(43-21-38-22)20-42-28-3-2-24-16-31(37-18-26(24)15-28)32(40)17-25-14-29(4-5-30(25)34(35)41)44-27-8-12-39(13-9-27)19-23-6-10-36-11-7-23/h2-7,10-11,14-15,21,27,31-32,37,40H,8-9,12-13,16-20H2,1H3,(H2,35,41)/t31-,32+/m0/s1. The Bertz CT molecular complexity index is 1570. The third kappa shape index (κ3) is 7.27. The number of hydrogen-bond acceptors (Lipinski definition) is 9. The maximum Gasteiger partial charge on any atom is 0.248 e. The highest BCUT2D eigenvalue weighted by atomic mass is 16.5. The van der Waals surface area contributed by atoms with Crippen molar-refractivity contribution in [3.63, 3.8) is 0 Å². The van der Waals surface area contributed by atoms with E-state index in [-0.39, 0.29) is 18.6 Å². The summed E-state index contributed by atoms with van der Waals surface area (Å²) in [6.07, 6.45) is 7.20. The number of carbonyl (C=O) groups is 1. The van der Waals surface area contributed by atoms with Crippen LogP contribution in [0.4, 0.5) is 0 Å². The molecule has 1 saturated heterocycles. The van der Waals surface area contributed by atoms with E-state index in [2.05, 4.69) is 32.3 Å². The number of rotatable bonds is 11. The molecule has 2 atom stereocenters. The molecule has 10 nitrogen and oxygen atoms in total. The number of hydrogen-bond donors (Lipinski definition) is 3. The van der Waals surface area contributed by atoms with Crippen molar-refractivity contribution in [2.75, 3.05) is 13.1 Å². The van der Waals surface area contributed by atoms with Crippen LogP contribution in [0, 0.1) is 6.92 Å². The molecule has 2 aliphatic heterocycles. The second-order valence-electron chi connectivity index (χ2n) is 11.7. The van der Waals surface area contributed by atoms with Gasteiger partial charge in [0.25, 0.3) is 0 Å². The molecule has 0 saturated carbocycles. The zero-order valence-corrected chi connectivity index (χ0v) is 24.9. The summed E-state index contributed by atoms with van der Waals surface area (Å²) in [4.78, 5) is 22.9. The first-order valence-corrected chi connectivity index (χ1v) is 15.2. The summed E-state index contributed by atoms with van der Waals surface area (Å²) in [5, 5.41) is 14.7. The topological polar surface area (TPSA) is 136 Å². The van der Waals surface area contributed by atoms with Crippen LogP contribution < -0.4 is 20.5 Å². The Labute approximate surface area is 257 Å². The van der Waals surface area contributed by atoms with Gasteiger partial charge in [-0.1, -0.05) is 6.07 Å². The maximum absolute atomic E-state index is 12.3. The Morgan fingerprint density at radius 2 is 1.91 bits per heavy atom. The molecule has 230 valence electrons. The van der Waals surface area contributed by atoms with Gasteiger partial charge in [0.05, 0.1) is 11.8 Å². The van der Waals surface area contributed by atoms with Crippen LogP contribution in [-0.2, 0) is 32.5 Å². The number of likely N-dealkylation sites (tertiary alicyclic amines) is 1. The van der Waals surface area contributed by atoms with Crippen molar-refractivity contribution >= 4 is 5.91 Å². The molecule has 44 heavy (non-hydrogen) atoms. The van der Waals surface area contributed by atoms with Crippen molar-refractivity contribution < 1.29 is 23.8 Å². The highest BCUT2D eigenvalue weighted by Gasteiger charge is 2.27. The average molecular weight is 598 g/mol. The molecule has 2 aromatic heterocycles. The van der Waals surface area contributed by atoms with Crippen molar-refractivity contribution in [3.05, 3.63) is 107 Å². The molecule has 0 radical (unpaired) electrons. The number of aryl methyl sites for hydroxylation is 1. The lowest BCUT2D eigenvalue weighted by Crippen LogP contribution is -2.45. The van der Waals surface area contributed by atoms with Crippen molar-refractivity contribution in [1.29, 1.82) is 0 Å². The highest BCUT2D eigenvalue weighted by Crippen LogP contribution is 2.27. The average Bonchev–Trinajstić information content (AvgIpc) is 3.45. The minimum Gasteiger partial charge on any atom is -0.490 e. The fourth-order valence-electron chi connectivity index (χ4n) is 6.04. The lowest BCUT2D eigenvalue weighted by Gasteiger charge is -2.32. The third-order valence-corrected chi connectivity index (χ3v) is 8.62. The van der Waals surface area contributed by atoms with Crippen LogP contribution in [0.1, 0.15) is 56.9 Å². The van der Waals surface area contributed by atoms with Gasteiger partial charge in [-0.2, -0.15) is 0 Å². The van der Waals surface area contributed by atoms with Gasteiger partial charge in [0.15, 0.2) is 12.2 Å². The number of carbonyl (C=O) groups excluding carboxylic acids is 1. The van der Waals surface area contributed by atoms with E-state index >= 15 is 0 Å². The van der Waals surface area contributed by atoms with Gasteiger partial charge in [0.1, 0.15) is 24.2 Å². The monoisotopic (exact) mass is 597 g/mol. The third-order valence-electron chi connectivity index (χ3n) is 8.62. The van der Waals surface area contributed by atoms with E-state index in [1.807, 2.05) is 43.6 Å². The molecule has 2 aliphatic rings. The molecule has 1 amide bonds. The van der Waals surface area contributed by atoms with E-state index in [4.69, 9.17) is 19.6 Å². The lowest BCUT2D eigenvalue weighted by molar-refractivity contribution is 0.0961. The van der Waals surface area contributed by atoms with Crippen molar-refractivity contribution in [3.8, 4) is 11.5 Å². The van der Waals surface area contributed by atoms with Gasteiger partial charge in [0, 0.05) is 56.6 Å². The fraction of sp³-hybridized carbons (Fsp3) is 0.382. The largest absolute Gasteiger partial charge is 0.490 e. The van der Waals surface area contributed by atoms with Gasteiger partial charge in [-0.3, -0.25) is 14.7 Å². The number of primary amides is 1. The zero-order valence-electron chi connectivity index (χ0n) is 24.9. The number of fused-ring (bicyclic) bond motifs is 1. The van der Waals surface area contributed by atoms with Crippen LogP contribution >= 0.6 is 0 Å². The van der Waals surface area contributed by atoms with Crippen LogP contribution in [0.15, 0.2) is 71.7 Å². The molecule has 2 aromatic carbocycles. The summed E-state index contributed by atoms with van der Waals surface area (Å²) in [7, 11) is 0. The lowest BCUT2D eigenvalue weighted by atomic mass is 9.89. The molecule has 0 spiro atoms. The smallest absolute Gasteiger partial charge is 0.248 e. The maximum atomic E-state index is 12.3. The summed E-state index contributed by atoms with van der Waals surface area (Å²) in [6.45, 7) is 5.60. The van der Waals surface area contributed by atoms with E-state index in [0.29, 0.717) is 42.2 Å². The highest BCUT2D eigenvalue weighted by molar-refractivity contribution is 5.94. The van der Waals surface area contributed by atoms with Crippen LogP contribution in [0.25, 0.3) is 0 Å². The van der Waals surface area contributed by atoms with Crippen molar-refractivity contribution in [2.45, 2.75) is 70.6 Å². The summed E-state index contributed by atoms with van der Waals surface area (Å²) in [6, 6.07) is 15.3. The number of nitrogens with zero attached hydrogens (tertiary/aromatic N) is 3. The number of piperidine rings is 1. The Morgan fingerprint density at radius 1 is 1.11 bits per heavy atom. The van der Waals surface area contributed by atoms with Gasteiger partial charge in [0.2, 0.25) is 5.91 Å². The Morgan fingerprint density at radius 3 is 2.66 bits per heavy atom. The van der Waals surface area contributed by atoms with Crippen LogP contribution in [-0.4, -0.2) is 57.2 Å². The molecular weight excluding hydrogens is 558 g/mol. The molecule has 4 heterocycles. The Hall–Kier alpha value is -4.25. The minimum absolute atomic E-state index is 0.0889. The number of ether oxygens (including phenoxy) is 2. The van der Waals surface area contributed by atoms with Crippen LogP contribution in [0.5, 0.6) is 11.5 Å². The molecule has 10 heteroatoms. The van der Waals surface area contributed by atoms with Gasteiger partial charge >= 0.3 is 0 Å². The predicted octanol–water partition coefficient (Wildman–Crippen LogP) is 3.72. The van der Waals surface area contributed by atoms with E-state index in [1.165, 1.54) is 12.0 Å². The molecule has 4 aromatic rings. The second kappa shape index (κ2) is 13.6. The molecule has 6 rings (SSSR count). The van der Waals surface area contributed by atoms with Gasteiger partial charge in [-0.05, 0) is 90.9 Å². The molecular formula is C34H39N5O5. The fourth-order valence-corrected chi connectivity index (χ4v) is 6.04. The van der Waals surface area contributed by atoms with Crippen molar-refractivity contribution in [2.24, 2.45) is 5.73 Å². The molecule has 4 N–H and O–H groups in total. The second-order valence-corrected chi connectivity index (χ2v) is 11.7. The predicted molar refractivity (Wildman–Crippen MR) is 164 cm³/mol. The van der Waals surface area contributed by atoms with E-state index in [1.54, 1.807) is 12.1 Å². The van der Waals surface area contributed by atoms with Crippen LogP contribution in [0.2, 0.25) is 0 Å². The quantitative estimate of drug-likeness (QED) is 0.236. The summed E-state index contributed by atoms with van der Waals surface area (Å²) in [5.41, 5.74) is 11.2. The number of aliphatic hydroxyl groups excluding tert-OH is 1. The number of amides is 1. The number of aromatic nitrogens is 2. The van der Waals surface area contributed by atoms with E-state index < -0.39 is 12.0 Å². The number of nitrogens with one attached hydrogen (secondary N) is 1. The van der Waals surface area contributed by atoms with Gasteiger partial charge < -0.3 is 30.0 Å². The number of benzene rings is 2. The summed E-state index contributed by atoms with van der Waals surface area (Å²) < 4.78 is 17.6. The van der Waals surface area contributed by atoms with E-state index in [9.17, 15) is 9.90 Å².